The largest absolute Gasteiger partial charge is 0.482 e. The van der Waals surface area contributed by atoms with E-state index in [4.69, 9.17) is 10.00 Å². The minimum atomic E-state index is -0.539. The molecular weight excluding hydrogens is 368 g/mol. The molecule has 1 aromatic heterocycles. The van der Waals surface area contributed by atoms with E-state index >= 15 is 0 Å². The predicted octanol–water partition coefficient (Wildman–Crippen LogP) is 2.81. The summed E-state index contributed by atoms with van der Waals surface area (Å²) in [6, 6.07) is 20.1. The van der Waals surface area contributed by atoms with Crippen molar-refractivity contribution >= 4 is 11.8 Å². The number of ether oxygens (including phenoxy) is 1. The van der Waals surface area contributed by atoms with Gasteiger partial charge in [-0.2, -0.15) is 5.26 Å². The molecule has 7 heteroatoms. The number of amides is 2. The van der Waals surface area contributed by atoms with Crippen molar-refractivity contribution in [2.75, 3.05) is 6.61 Å². The number of nitriles is 1. The quantitative estimate of drug-likeness (QED) is 0.657. The first kappa shape index (κ1) is 19.7. The number of aryl methyl sites for hydroxylation is 1. The second-order valence-electron chi connectivity index (χ2n) is 6.35. The number of para-hydroxylation sites is 2. The van der Waals surface area contributed by atoms with Crippen molar-refractivity contribution in [3.8, 4) is 17.5 Å². The van der Waals surface area contributed by atoms with Crippen LogP contribution in [0.15, 0.2) is 60.7 Å². The van der Waals surface area contributed by atoms with E-state index in [1.54, 1.807) is 30.3 Å². The lowest BCUT2D eigenvalue weighted by Crippen LogP contribution is -2.44. The van der Waals surface area contributed by atoms with E-state index in [0.717, 1.165) is 17.1 Å². The predicted molar refractivity (Wildman–Crippen MR) is 108 cm³/mol. The van der Waals surface area contributed by atoms with E-state index in [1.807, 2.05) is 54.8 Å². The number of carbonyl (C=O) groups is 2. The lowest BCUT2D eigenvalue weighted by molar-refractivity contribution is -0.123. The number of hydrogen-bond acceptors (Lipinski definition) is 4. The van der Waals surface area contributed by atoms with E-state index in [9.17, 15) is 9.59 Å². The molecule has 3 rings (SSSR count). The van der Waals surface area contributed by atoms with Gasteiger partial charge in [-0.05, 0) is 44.2 Å². The number of carbonyl (C=O) groups excluding carboxylic acids is 2. The fourth-order valence-corrected chi connectivity index (χ4v) is 3.03. The highest BCUT2D eigenvalue weighted by Gasteiger charge is 2.17. The molecule has 146 valence electrons. The van der Waals surface area contributed by atoms with Gasteiger partial charge in [0.05, 0.1) is 11.1 Å². The van der Waals surface area contributed by atoms with Gasteiger partial charge >= 0.3 is 0 Å². The Hall–Kier alpha value is -4.05. The van der Waals surface area contributed by atoms with Gasteiger partial charge in [0.1, 0.15) is 11.8 Å². The van der Waals surface area contributed by atoms with Gasteiger partial charge in [-0.25, -0.2) is 0 Å². The molecule has 0 aliphatic heterocycles. The molecule has 0 saturated carbocycles. The van der Waals surface area contributed by atoms with E-state index in [2.05, 4.69) is 10.9 Å². The third-order valence-electron chi connectivity index (χ3n) is 4.37. The zero-order chi connectivity index (χ0) is 20.8. The molecule has 29 heavy (non-hydrogen) atoms. The fourth-order valence-electron chi connectivity index (χ4n) is 3.03. The zero-order valence-corrected chi connectivity index (χ0v) is 16.1. The van der Waals surface area contributed by atoms with E-state index < -0.39 is 11.8 Å². The third kappa shape index (κ3) is 4.45. The molecule has 0 atom stereocenters. The summed E-state index contributed by atoms with van der Waals surface area (Å²) in [6.45, 7) is 3.43. The topological polar surface area (TPSA) is 96.2 Å². The molecule has 0 unspecified atom stereocenters. The van der Waals surface area contributed by atoms with Crippen molar-refractivity contribution in [2.24, 2.45) is 0 Å². The Morgan fingerprint density at radius 2 is 1.72 bits per heavy atom. The standard InChI is InChI=1S/C22H20N4O3/c1-15-12-19(16(2)26(15)18-9-4-3-5-10-18)22(28)25-24-21(27)14-29-20-11-7-6-8-17(20)13-23/h3-12H,14H2,1-2H3,(H,24,27)(H,25,28). The van der Waals surface area contributed by atoms with Gasteiger partial charge in [0.2, 0.25) is 0 Å². The molecule has 0 saturated heterocycles. The first-order valence-corrected chi connectivity index (χ1v) is 8.96. The van der Waals surface area contributed by atoms with Crippen LogP contribution >= 0.6 is 0 Å². The third-order valence-corrected chi connectivity index (χ3v) is 4.37. The van der Waals surface area contributed by atoms with Gasteiger partial charge in [0, 0.05) is 17.1 Å². The average Bonchev–Trinajstić information content (AvgIpc) is 3.05. The van der Waals surface area contributed by atoms with Crippen LogP contribution < -0.4 is 15.6 Å². The van der Waals surface area contributed by atoms with E-state index in [0.29, 0.717) is 16.9 Å². The Morgan fingerprint density at radius 1 is 1.03 bits per heavy atom. The van der Waals surface area contributed by atoms with Crippen LogP contribution in [0.3, 0.4) is 0 Å². The number of hydrazine groups is 1. The minimum Gasteiger partial charge on any atom is -0.482 e. The maximum atomic E-state index is 12.5. The highest BCUT2D eigenvalue weighted by atomic mass is 16.5. The van der Waals surface area contributed by atoms with Crippen LogP contribution in [0.25, 0.3) is 5.69 Å². The van der Waals surface area contributed by atoms with Gasteiger partial charge in [0.15, 0.2) is 6.61 Å². The van der Waals surface area contributed by atoms with Gasteiger partial charge in [-0.1, -0.05) is 30.3 Å². The lowest BCUT2D eigenvalue weighted by Gasteiger charge is -2.11. The second-order valence-corrected chi connectivity index (χ2v) is 6.35. The lowest BCUT2D eigenvalue weighted by atomic mass is 10.2. The molecule has 0 aliphatic rings. The number of hydrogen-bond donors (Lipinski definition) is 2. The molecule has 1 heterocycles. The molecule has 2 N–H and O–H groups in total. The Balaban J connectivity index is 1.61. The van der Waals surface area contributed by atoms with Crippen LogP contribution in [0.2, 0.25) is 0 Å². The number of rotatable bonds is 5. The first-order valence-electron chi connectivity index (χ1n) is 8.96. The molecule has 0 fully saturated rings. The van der Waals surface area contributed by atoms with Crippen LogP contribution in [0.1, 0.15) is 27.3 Å². The first-order chi connectivity index (χ1) is 14.0. The summed E-state index contributed by atoms with van der Waals surface area (Å²) >= 11 is 0. The van der Waals surface area contributed by atoms with E-state index in [-0.39, 0.29) is 6.61 Å². The van der Waals surface area contributed by atoms with Gasteiger partial charge < -0.3 is 9.30 Å². The molecule has 7 nitrogen and oxygen atoms in total. The van der Waals surface area contributed by atoms with Crippen molar-refractivity contribution in [3.05, 3.63) is 83.2 Å². The SMILES string of the molecule is Cc1cc(C(=O)NNC(=O)COc2ccccc2C#N)c(C)n1-c1ccccc1. The van der Waals surface area contributed by atoms with Crippen molar-refractivity contribution in [1.82, 2.24) is 15.4 Å². The zero-order valence-electron chi connectivity index (χ0n) is 16.1. The molecule has 0 spiro atoms. The Morgan fingerprint density at radius 3 is 2.45 bits per heavy atom. The summed E-state index contributed by atoms with van der Waals surface area (Å²) in [7, 11) is 0. The number of nitrogens with one attached hydrogen (secondary N) is 2. The van der Waals surface area contributed by atoms with Gasteiger partial charge in [0.25, 0.3) is 11.8 Å². The van der Waals surface area contributed by atoms with Gasteiger partial charge in [-0.15, -0.1) is 0 Å². The second kappa shape index (κ2) is 8.76. The van der Waals surface area contributed by atoms with Crippen molar-refractivity contribution in [1.29, 1.82) is 5.26 Å². The maximum Gasteiger partial charge on any atom is 0.276 e. The van der Waals surface area contributed by atoms with Crippen LogP contribution in [0, 0.1) is 25.2 Å². The van der Waals surface area contributed by atoms with Crippen LogP contribution in [-0.4, -0.2) is 23.0 Å². The average molecular weight is 388 g/mol. The summed E-state index contributed by atoms with van der Waals surface area (Å²) < 4.78 is 7.31. The number of benzene rings is 2. The van der Waals surface area contributed by atoms with Crippen LogP contribution in [0.4, 0.5) is 0 Å². The number of nitrogens with zero attached hydrogens (tertiary/aromatic N) is 2. The summed E-state index contributed by atoms with van der Waals surface area (Å²) in [4.78, 5) is 24.5. The molecule has 2 amide bonds. The molecule has 0 radical (unpaired) electrons. The van der Waals surface area contributed by atoms with Crippen molar-refractivity contribution < 1.29 is 14.3 Å². The smallest absolute Gasteiger partial charge is 0.276 e. The highest BCUT2D eigenvalue weighted by molar-refractivity contribution is 5.97. The Bertz CT molecular complexity index is 1080. The van der Waals surface area contributed by atoms with Crippen molar-refractivity contribution in [2.45, 2.75) is 13.8 Å². The minimum absolute atomic E-state index is 0.308. The monoisotopic (exact) mass is 388 g/mol. The molecule has 3 aromatic rings. The fraction of sp³-hybridized carbons (Fsp3) is 0.136. The normalized spacial score (nSPS) is 10.1. The van der Waals surface area contributed by atoms with Crippen molar-refractivity contribution in [3.63, 3.8) is 0 Å². The Labute approximate surface area is 168 Å². The molecule has 2 aromatic carbocycles. The van der Waals surface area contributed by atoms with E-state index in [1.165, 1.54) is 0 Å². The Kier molecular flexibility index (Phi) is 5.95. The summed E-state index contributed by atoms with van der Waals surface area (Å²) in [5.41, 5.74) is 8.14. The summed E-state index contributed by atoms with van der Waals surface area (Å²) in [5.74, 6) is -0.656. The van der Waals surface area contributed by atoms with Crippen LogP contribution in [0.5, 0.6) is 5.75 Å². The maximum absolute atomic E-state index is 12.5. The highest BCUT2D eigenvalue weighted by Crippen LogP contribution is 2.20. The molecular formula is C22H20N4O3. The molecule has 0 bridgehead atoms. The number of aromatic nitrogens is 1. The molecule has 0 aliphatic carbocycles. The summed E-state index contributed by atoms with van der Waals surface area (Å²) in [5, 5.41) is 9.03. The summed E-state index contributed by atoms with van der Waals surface area (Å²) in [6.07, 6.45) is 0. The van der Waals surface area contributed by atoms with Crippen LogP contribution in [-0.2, 0) is 4.79 Å². The van der Waals surface area contributed by atoms with Gasteiger partial charge in [-0.3, -0.25) is 20.4 Å².